The number of para-hydroxylation sites is 1. The quantitative estimate of drug-likeness (QED) is 0.664. The minimum absolute atomic E-state index is 0.0226. The summed E-state index contributed by atoms with van der Waals surface area (Å²) in [7, 11) is -2.43. The Kier molecular flexibility index (Phi) is 4.87. The number of rotatable bonds is 6. The Morgan fingerprint density at radius 1 is 1.11 bits per heavy atom. The molecule has 8 nitrogen and oxygen atoms in total. The van der Waals surface area contributed by atoms with Crippen molar-refractivity contribution in [3.8, 4) is 5.75 Å². The first kappa shape index (κ1) is 18.5. The Bertz CT molecular complexity index is 1120. The summed E-state index contributed by atoms with van der Waals surface area (Å²) in [5, 5.41) is 2.87. The minimum Gasteiger partial charge on any atom is -0.497 e. The first-order chi connectivity index (χ1) is 12.8. The molecule has 3 rings (SSSR count). The summed E-state index contributed by atoms with van der Waals surface area (Å²) in [5.41, 5.74) is 5.68. The van der Waals surface area contributed by atoms with Crippen molar-refractivity contribution >= 4 is 38.3 Å². The SMILES string of the molecule is COc1ccc(S(=O)(=O)CC(=O)Nc2c(C(N)=O)oc3ccccc23)cc1. The largest absolute Gasteiger partial charge is 0.497 e. The van der Waals surface area contributed by atoms with Gasteiger partial charge in [-0.3, -0.25) is 9.59 Å². The molecule has 0 saturated carbocycles. The molecule has 0 saturated heterocycles. The maximum atomic E-state index is 12.4. The highest BCUT2D eigenvalue weighted by Crippen LogP contribution is 2.30. The lowest BCUT2D eigenvalue weighted by molar-refractivity contribution is -0.113. The van der Waals surface area contributed by atoms with Gasteiger partial charge in [0.15, 0.2) is 9.84 Å². The summed E-state index contributed by atoms with van der Waals surface area (Å²) >= 11 is 0. The van der Waals surface area contributed by atoms with Crippen molar-refractivity contribution in [2.45, 2.75) is 4.90 Å². The van der Waals surface area contributed by atoms with E-state index in [-0.39, 0.29) is 16.3 Å². The molecular formula is C18H16N2O6S. The number of nitrogens with one attached hydrogen (secondary N) is 1. The van der Waals surface area contributed by atoms with E-state index in [4.69, 9.17) is 14.9 Å². The summed E-state index contributed by atoms with van der Waals surface area (Å²) in [4.78, 5) is 23.9. The summed E-state index contributed by atoms with van der Waals surface area (Å²) < 4.78 is 35.2. The molecule has 3 aromatic rings. The standard InChI is InChI=1S/C18H16N2O6S/c1-25-11-6-8-12(9-7-11)27(23,24)10-15(21)20-16-13-4-2-3-5-14(13)26-17(16)18(19)22/h2-9H,10H2,1H3,(H2,19,22)(H,20,21). The van der Waals surface area contributed by atoms with Crippen molar-refractivity contribution in [3.05, 3.63) is 54.3 Å². The second kappa shape index (κ2) is 7.12. The number of carbonyl (C=O) groups excluding carboxylic acids is 2. The van der Waals surface area contributed by atoms with Gasteiger partial charge in [0.2, 0.25) is 11.7 Å². The maximum Gasteiger partial charge on any atom is 0.286 e. The van der Waals surface area contributed by atoms with Gasteiger partial charge in [-0.15, -0.1) is 0 Å². The fraction of sp³-hybridized carbons (Fsp3) is 0.111. The first-order valence-electron chi connectivity index (χ1n) is 7.80. The summed E-state index contributed by atoms with van der Waals surface area (Å²) in [6, 6.07) is 12.3. The molecule has 0 aliphatic carbocycles. The highest BCUT2D eigenvalue weighted by molar-refractivity contribution is 7.92. The smallest absolute Gasteiger partial charge is 0.286 e. The number of methoxy groups -OCH3 is 1. The number of hydrogen-bond donors (Lipinski definition) is 2. The van der Waals surface area contributed by atoms with Crippen molar-refractivity contribution in [1.29, 1.82) is 0 Å². The van der Waals surface area contributed by atoms with E-state index in [1.807, 2.05) is 0 Å². The van der Waals surface area contributed by atoms with Gasteiger partial charge >= 0.3 is 0 Å². The molecule has 2 aromatic carbocycles. The molecule has 140 valence electrons. The van der Waals surface area contributed by atoms with Gasteiger partial charge in [0, 0.05) is 5.39 Å². The van der Waals surface area contributed by atoms with Crippen molar-refractivity contribution in [2.75, 3.05) is 18.2 Å². The summed E-state index contributed by atoms with van der Waals surface area (Å²) in [5.74, 6) is -2.25. The number of primary amides is 1. The second-order valence-corrected chi connectivity index (χ2v) is 7.64. The molecule has 0 aliphatic rings. The van der Waals surface area contributed by atoms with E-state index in [2.05, 4.69) is 5.32 Å². The van der Waals surface area contributed by atoms with Gasteiger partial charge < -0.3 is 20.2 Å². The number of nitrogens with two attached hydrogens (primary N) is 1. The monoisotopic (exact) mass is 388 g/mol. The lowest BCUT2D eigenvalue weighted by Crippen LogP contribution is -2.24. The van der Waals surface area contributed by atoms with Crippen LogP contribution in [0.25, 0.3) is 11.0 Å². The number of ether oxygens (including phenoxy) is 1. The van der Waals surface area contributed by atoms with Crippen molar-refractivity contribution in [1.82, 2.24) is 0 Å². The van der Waals surface area contributed by atoms with E-state index in [0.717, 1.165) is 0 Å². The molecule has 1 heterocycles. The van der Waals surface area contributed by atoms with Crippen LogP contribution < -0.4 is 15.8 Å². The van der Waals surface area contributed by atoms with E-state index < -0.39 is 27.4 Å². The molecule has 3 N–H and O–H groups in total. The fourth-order valence-corrected chi connectivity index (χ4v) is 3.69. The van der Waals surface area contributed by atoms with Crippen molar-refractivity contribution in [3.63, 3.8) is 0 Å². The fourth-order valence-electron chi connectivity index (χ4n) is 2.56. The molecule has 0 radical (unpaired) electrons. The molecule has 0 atom stereocenters. The minimum atomic E-state index is -3.89. The van der Waals surface area contributed by atoms with Crippen LogP contribution in [0.5, 0.6) is 5.75 Å². The zero-order chi connectivity index (χ0) is 19.6. The van der Waals surface area contributed by atoms with Crippen LogP contribution in [-0.2, 0) is 14.6 Å². The van der Waals surface area contributed by atoms with Crippen LogP contribution in [0.4, 0.5) is 5.69 Å². The average molecular weight is 388 g/mol. The average Bonchev–Trinajstić information content (AvgIpc) is 3.00. The lowest BCUT2D eigenvalue weighted by atomic mass is 10.2. The van der Waals surface area contributed by atoms with E-state index >= 15 is 0 Å². The number of furan rings is 1. The molecular weight excluding hydrogens is 372 g/mol. The zero-order valence-corrected chi connectivity index (χ0v) is 15.1. The van der Waals surface area contributed by atoms with Crippen LogP contribution in [0.3, 0.4) is 0 Å². The van der Waals surface area contributed by atoms with E-state index in [9.17, 15) is 18.0 Å². The van der Waals surface area contributed by atoms with Crippen LogP contribution in [0.1, 0.15) is 10.6 Å². The Morgan fingerprint density at radius 3 is 2.41 bits per heavy atom. The van der Waals surface area contributed by atoms with Gasteiger partial charge in [-0.25, -0.2) is 8.42 Å². The third-order valence-corrected chi connectivity index (χ3v) is 5.46. The van der Waals surface area contributed by atoms with Gasteiger partial charge in [0.25, 0.3) is 5.91 Å². The van der Waals surface area contributed by atoms with Crippen LogP contribution >= 0.6 is 0 Å². The highest BCUT2D eigenvalue weighted by Gasteiger charge is 2.24. The third kappa shape index (κ3) is 3.77. The molecule has 9 heteroatoms. The van der Waals surface area contributed by atoms with E-state index in [1.165, 1.54) is 31.4 Å². The number of carbonyl (C=O) groups is 2. The number of anilines is 1. The molecule has 0 bridgehead atoms. The number of hydrogen-bond acceptors (Lipinski definition) is 6. The molecule has 0 unspecified atom stereocenters. The van der Waals surface area contributed by atoms with Gasteiger partial charge in [0.1, 0.15) is 22.8 Å². The number of benzene rings is 2. The van der Waals surface area contributed by atoms with Gasteiger partial charge in [-0.2, -0.15) is 0 Å². The lowest BCUT2D eigenvalue weighted by Gasteiger charge is -2.07. The molecule has 0 spiro atoms. The molecule has 0 aliphatic heterocycles. The molecule has 1 aromatic heterocycles. The van der Waals surface area contributed by atoms with Gasteiger partial charge in [0.05, 0.1) is 12.0 Å². The van der Waals surface area contributed by atoms with Crippen LogP contribution in [-0.4, -0.2) is 33.1 Å². The first-order valence-corrected chi connectivity index (χ1v) is 9.45. The number of fused-ring (bicyclic) bond motifs is 1. The zero-order valence-electron chi connectivity index (χ0n) is 14.3. The van der Waals surface area contributed by atoms with Gasteiger partial charge in [-0.1, -0.05) is 12.1 Å². The topological polar surface area (TPSA) is 129 Å². The molecule has 2 amide bonds. The molecule has 0 fully saturated rings. The maximum absolute atomic E-state index is 12.4. The predicted octanol–water partition coefficient (Wildman–Crippen LogP) is 1.95. The van der Waals surface area contributed by atoms with Crippen molar-refractivity contribution < 1.29 is 27.2 Å². The van der Waals surface area contributed by atoms with Gasteiger partial charge in [-0.05, 0) is 36.4 Å². The summed E-state index contributed by atoms with van der Waals surface area (Å²) in [6.07, 6.45) is 0. The Morgan fingerprint density at radius 2 is 1.78 bits per heavy atom. The van der Waals surface area contributed by atoms with Crippen molar-refractivity contribution in [2.24, 2.45) is 5.73 Å². The normalized spacial score (nSPS) is 11.3. The molecule has 27 heavy (non-hydrogen) atoms. The Hall–Kier alpha value is -3.33. The van der Waals surface area contributed by atoms with E-state index in [1.54, 1.807) is 24.3 Å². The third-order valence-electron chi connectivity index (χ3n) is 3.82. The Balaban J connectivity index is 1.86. The van der Waals surface area contributed by atoms with Crippen LogP contribution in [0.15, 0.2) is 57.8 Å². The highest BCUT2D eigenvalue weighted by atomic mass is 32.2. The number of sulfone groups is 1. The predicted molar refractivity (Wildman–Crippen MR) is 98.4 cm³/mol. The van der Waals surface area contributed by atoms with Crippen LogP contribution in [0, 0.1) is 0 Å². The van der Waals surface area contributed by atoms with Crippen LogP contribution in [0.2, 0.25) is 0 Å². The Labute approximate surface area is 154 Å². The number of amides is 2. The summed E-state index contributed by atoms with van der Waals surface area (Å²) in [6.45, 7) is 0. The van der Waals surface area contributed by atoms with E-state index in [0.29, 0.717) is 16.7 Å². The second-order valence-electron chi connectivity index (χ2n) is 5.65.